The molecule has 3 rings (SSSR count). The first-order valence-corrected chi connectivity index (χ1v) is 7.90. The Labute approximate surface area is 146 Å². The van der Waals surface area contributed by atoms with Gasteiger partial charge in [0.15, 0.2) is 0 Å². The number of benzene rings is 2. The van der Waals surface area contributed by atoms with E-state index in [1.54, 1.807) is 6.08 Å². The molecule has 1 heterocycles. The van der Waals surface area contributed by atoms with Gasteiger partial charge in [0.2, 0.25) is 0 Å². The Morgan fingerprint density at radius 2 is 1.76 bits per heavy atom. The van der Waals surface area contributed by atoms with Gasteiger partial charge >= 0.3 is 0 Å². The number of carbonyl (C=O) groups is 1. The SMILES string of the molecule is Cc1ccc(NC(=O)/C(C#N)=C/c2cccn2-c2ccccc2)cc1. The molecule has 0 atom stereocenters. The van der Waals surface area contributed by atoms with Crippen LogP contribution in [-0.2, 0) is 4.79 Å². The van der Waals surface area contributed by atoms with Crippen LogP contribution in [0.4, 0.5) is 5.69 Å². The van der Waals surface area contributed by atoms with Crippen molar-refractivity contribution in [2.45, 2.75) is 6.92 Å². The van der Waals surface area contributed by atoms with E-state index in [9.17, 15) is 10.1 Å². The minimum Gasteiger partial charge on any atom is -0.321 e. The summed E-state index contributed by atoms with van der Waals surface area (Å²) in [5, 5.41) is 12.1. The van der Waals surface area contributed by atoms with Crippen LogP contribution in [0.15, 0.2) is 78.5 Å². The lowest BCUT2D eigenvalue weighted by Crippen LogP contribution is -2.13. The smallest absolute Gasteiger partial charge is 0.266 e. The number of aromatic nitrogens is 1. The standard InChI is InChI=1S/C21H17N3O/c1-16-9-11-18(12-10-16)23-21(25)17(15-22)14-20-8-5-13-24(20)19-6-3-2-4-7-19/h2-14H,1H3,(H,23,25)/b17-14+. The number of hydrogen-bond acceptors (Lipinski definition) is 2. The molecule has 1 N–H and O–H groups in total. The lowest BCUT2D eigenvalue weighted by atomic mass is 10.2. The number of nitrogens with zero attached hydrogens (tertiary/aromatic N) is 2. The van der Waals surface area contributed by atoms with Gasteiger partial charge in [-0.25, -0.2) is 0 Å². The van der Waals surface area contributed by atoms with Crippen molar-refractivity contribution in [3.63, 3.8) is 0 Å². The number of nitrogens with one attached hydrogen (secondary N) is 1. The van der Waals surface area contributed by atoms with E-state index >= 15 is 0 Å². The monoisotopic (exact) mass is 327 g/mol. The van der Waals surface area contributed by atoms with Crippen molar-refractivity contribution in [1.29, 1.82) is 5.26 Å². The van der Waals surface area contributed by atoms with Crippen molar-refractivity contribution in [2.24, 2.45) is 0 Å². The van der Waals surface area contributed by atoms with Gasteiger partial charge < -0.3 is 9.88 Å². The van der Waals surface area contributed by atoms with Gasteiger partial charge in [0.25, 0.3) is 5.91 Å². The summed E-state index contributed by atoms with van der Waals surface area (Å²) in [6.45, 7) is 1.98. The second-order valence-corrected chi connectivity index (χ2v) is 5.63. The minimum atomic E-state index is -0.424. The van der Waals surface area contributed by atoms with Crippen LogP contribution in [0, 0.1) is 18.3 Å². The number of para-hydroxylation sites is 1. The van der Waals surface area contributed by atoms with E-state index in [1.807, 2.05) is 90.5 Å². The summed E-state index contributed by atoms with van der Waals surface area (Å²) < 4.78 is 1.93. The summed E-state index contributed by atoms with van der Waals surface area (Å²) >= 11 is 0. The maximum Gasteiger partial charge on any atom is 0.266 e. The average Bonchev–Trinajstić information content (AvgIpc) is 3.10. The Balaban J connectivity index is 1.86. The Hall–Kier alpha value is -3.58. The first-order chi connectivity index (χ1) is 12.2. The Morgan fingerprint density at radius 1 is 1.04 bits per heavy atom. The second-order valence-electron chi connectivity index (χ2n) is 5.63. The number of hydrogen-bond donors (Lipinski definition) is 1. The molecule has 25 heavy (non-hydrogen) atoms. The highest BCUT2D eigenvalue weighted by atomic mass is 16.1. The molecule has 0 saturated heterocycles. The molecule has 4 heteroatoms. The highest BCUT2D eigenvalue weighted by Crippen LogP contribution is 2.16. The highest BCUT2D eigenvalue weighted by molar-refractivity contribution is 6.09. The summed E-state index contributed by atoms with van der Waals surface area (Å²) in [6.07, 6.45) is 3.49. The zero-order chi connectivity index (χ0) is 17.6. The van der Waals surface area contributed by atoms with E-state index in [-0.39, 0.29) is 5.57 Å². The molecule has 0 radical (unpaired) electrons. The fraction of sp³-hybridized carbons (Fsp3) is 0.0476. The predicted octanol–water partition coefficient (Wildman–Crippen LogP) is 4.33. The zero-order valence-electron chi connectivity index (χ0n) is 13.8. The summed E-state index contributed by atoms with van der Waals surface area (Å²) in [5.41, 5.74) is 3.55. The predicted molar refractivity (Wildman–Crippen MR) is 99.2 cm³/mol. The Bertz CT molecular complexity index is 945. The molecule has 0 bridgehead atoms. The van der Waals surface area contributed by atoms with Crippen molar-refractivity contribution in [3.05, 3.63) is 89.8 Å². The van der Waals surface area contributed by atoms with Crippen molar-refractivity contribution >= 4 is 17.7 Å². The molecule has 1 amide bonds. The van der Waals surface area contributed by atoms with Crippen LogP contribution in [0.25, 0.3) is 11.8 Å². The fourth-order valence-electron chi connectivity index (χ4n) is 2.47. The third-order valence-corrected chi connectivity index (χ3v) is 3.78. The normalized spacial score (nSPS) is 11.0. The van der Waals surface area contributed by atoms with Crippen molar-refractivity contribution in [2.75, 3.05) is 5.32 Å². The minimum absolute atomic E-state index is 0.0523. The molecule has 1 aromatic heterocycles. The molecule has 0 fully saturated rings. The number of anilines is 1. The molecular weight excluding hydrogens is 310 g/mol. The number of carbonyl (C=O) groups excluding carboxylic acids is 1. The molecule has 122 valence electrons. The second kappa shape index (κ2) is 7.33. The van der Waals surface area contributed by atoms with Gasteiger partial charge in [-0.05, 0) is 49.4 Å². The third-order valence-electron chi connectivity index (χ3n) is 3.78. The maximum atomic E-state index is 12.4. The molecule has 0 aliphatic rings. The van der Waals surface area contributed by atoms with Gasteiger partial charge in [-0.1, -0.05) is 35.9 Å². The topological polar surface area (TPSA) is 57.8 Å². The molecular formula is C21H17N3O. The molecule has 0 aliphatic heterocycles. The molecule has 0 aliphatic carbocycles. The van der Waals surface area contributed by atoms with E-state index in [2.05, 4.69) is 5.32 Å². The molecule has 2 aromatic carbocycles. The van der Waals surface area contributed by atoms with Gasteiger partial charge in [-0.2, -0.15) is 5.26 Å². The third kappa shape index (κ3) is 3.85. The molecule has 0 spiro atoms. The van der Waals surface area contributed by atoms with Crippen molar-refractivity contribution in [3.8, 4) is 11.8 Å². The average molecular weight is 327 g/mol. The largest absolute Gasteiger partial charge is 0.321 e. The van der Waals surface area contributed by atoms with Crippen molar-refractivity contribution < 1.29 is 4.79 Å². The van der Waals surface area contributed by atoms with Crippen LogP contribution in [0.5, 0.6) is 0 Å². The number of rotatable bonds is 4. The molecule has 0 unspecified atom stereocenters. The van der Waals surface area contributed by atoms with E-state index in [0.29, 0.717) is 5.69 Å². The summed E-state index contributed by atoms with van der Waals surface area (Å²) in [6, 6.07) is 22.9. The Morgan fingerprint density at radius 3 is 2.44 bits per heavy atom. The lowest BCUT2D eigenvalue weighted by Gasteiger charge is -2.07. The van der Waals surface area contributed by atoms with Gasteiger partial charge in [-0.3, -0.25) is 4.79 Å². The quantitative estimate of drug-likeness (QED) is 0.573. The first kappa shape index (κ1) is 16.3. The van der Waals surface area contributed by atoms with Gasteiger partial charge in [0.1, 0.15) is 11.6 Å². The number of nitriles is 1. The zero-order valence-corrected chi connectivity index (χ0v) is 13.8. The van der Waals surface area contributed by atoms with Crippen LogP contribution in [0.1, 0.15) is 11.3 Å². The highest BCUT2D eigenvalue weighted by Gasteiger charge is 2.11. The molecule has 0 saturated carbocycles. The van der Waals surface area contributed by atoms with Gasteiger partial charge in [0.05, 0.1) is 0 Å². The van der Waals surface area contributed by atoms with Crippen LogP contribution >= 0.6 is 0 Å². The van der Waals surface area contributed by atoms with Crippen LogP contribution < -0.4 is 5.32 Å². The van der Waals surface area contributed by atoms with E-state index in [4.69, 9.17) is 0 Å². The van der Waals surface area contributed by atoms with Gasteiger partial charge in [0, 0.05) is 23.3 Å². The fourth-order valence-corrected chi connectivity index (χ4v) is 2.47. The summed E-state index contributed by atoms with van der Waals surface area (Å²) in [5.74, 6) is -0.424. The molecule has 4 nitrogen and oxygen atoms in total. The maximum absolute atomic E-state index is 12.4. The van der Waals surface area contributed by atoms with E-state index in [1.165, 1.54) is 0 Å². The summed E-state index contributed by atoms with van der Waals surface area (Å²) in [4.78, 5) is 12.4. The van der Waals surface area contributed by atoms with Gasteiger partial charge in [-0.15, -0.1) is 0 Å². The van der Waals surface area contributed by atoms with E-state index in [0.717, 1.165) is 16.9 Å². The number of aryl methyl sites for hydroxylation is 1. The molecule has 3 aromatic rings. The van der Waals surface area contributed by atoms with Crippen LogP contribution in [0.3, 0.4) is 0 Å². The van der Waals surface area contributed by atoms with E-state index < -0.39 is 5.91 Å². The first-order valence-electron chi connectivity index (χ1n) is 7.90. The lowest BCUT2D eigenvalue weighted by molar-refractivity contribution is -0.112. The number of amides is 1. The van der Waals surface area contributed by atoms with Crippen LogP contribution in [-0.4, -0.2) is 10.5 Å². The summed E-state index contributed by atoms with van der Waals surface area (Å²) in [7, 11) is 0. The Kier molecular flexibility index (Phi) is 4.77. The van der Waals surface area contributed by atoms with Crippen LogP contribution in [0.2, 0.25) is 0 Å². The van der Waals surface area contributed by atoms with Crippen molar-refractivity contribution in [1.82, 2.24) is 4.57 Å².